The molecule has 1 amide bonds. The van der Waals surface area contributed by atoms with E-state index in [1.807, 2.05) is 36.5 Å². The molecule has 0 spiro atoms. The van der Waals surface area contributed by atoms with E-state index in [1.165, 1.54) is 32.3 Å². The Kier molecular flexibility index (Phi) is 6.81. The van der Waals surface area contributed by atoms with Crippen molar-refractivity contribution in [3.63, 3.8) is 0 Å². The molecule has 26 heavy (non-hydrogen) atoms. The van der Waals surface area contributed by atoms with Gasteiger partial charge in [0.2, 0.25) is 10.0 Å². The number of hydrogen-bond acceptors (Lipinski definition) is 5. The number of hydrogen-bond donors (Lipinski definition) is 1. The van der Waals surface area contributed by atoms with Crippen LogP contribution in [-0.4, -0.2) is 58.3 Å². The van der Waals surface area contributed by atoms with Gasteiger partial charge in [0.15, 0.2) is 0 Å². The molecule has 1 N–H and O–H groups in total. The van der Waals surface area contributed by atoms with Crippen LogP contribution in [-0.2, 0) is 10.0 Å². The maximum Gasteiger partial charge on any atom is 0.252 e. The van der Waals surface area contributed by atoms with E-state index in [2.05, 4.69) is 5.32 Å². The van der Waals surface area contributed by atoms with Crippen LogP contribution < -0.4 is 5.32 Å². The molecule has 0 aliphatic rings. The summed E-state index contributed by atoms with van der Waals surface area (Å²) in [6.07, 6.45) is 0. The predicted octanol–water partition coefficient (Wildman–Crippen LogP) is 2.68. The Morgan fingerprint density at radius 3 is 2.46 bits per heavy atom. The lowest BCUT2D eigenvalue weighted by molar-refractivity contribution is 0.0942. The van der Waals surface area contributed by atoms with Gasteiger partial charge in [-0.25, -0.2) is 12.7 Å². The van der Waals surface area contributed by atoms with Crippen molar-refractivity contribution in [2.45, 2.75) is 10.9 Å². The van der Waals surface area contributed by atoms with Crippen molar-refractivity contribution in [2.24, 2.45) is 0 Å². The summed E-state index contributed by atoms with van der Waals surface area (Å²) in [6.45, 7) is 0.382. The number of nitrogens with one attached hydrogen (secondary N) is 1. The Labute approximate surface area is 163 Å². The monoisotopic (exact) mass is 415 g/mol. The van der Waals surface area contributed by atoms with Gasteiger partial charge < -0.3 is 10.2 Å². The van der Waals surface area contributed by atoms with E-state index in [-0.39, 0.29) is 21.5 Å². The molecule has 9 heteroatoms. The van der Waals surface area contributed by atoms with E-state index in [9.17, 15) is 13.2 Å². The Bertz CT molecular complexity index is 865. The summed E-state index contributed by atoms with van der Waals surface area (Å²) in [5.41, 5.74) is 0.137. The van der Waals surface area contributed by atoms with E-state index in [1.54, 1.807) is 11.3 Å². The van der Waals surface area contributed by atoms with Crippen molar-refractivity contribution in [3.8, 4) is 0 Å². The van der Waals surface area contributed by atoms with Crippen LogP contribution in [0.2, 0.25) is 5.02 Å². The molecule has 1 aromatic carbocycles. The van der Waals surface area contributed by atoms with Crippen LogP contribution in [0.5, 0.6) is 0 Å². The lowest BCUT2D eigenvalue weighted by Gasteiger charge is -2.23. The zero-order valence-electron chi connectivity index (χ0n) is 15.1. The molecule has 0 aliphatic carbocycles. The molecule has 1 atom stereocenters. The molecule has 0 saturated heterocycles. The van der Waals surface area contributed by atoms with Crippen molar-refractivity contribution >= 4 is 38.9 Å². The molecule has 0 bridgehead atoms. The zero-order valence-corrected chi connectivity index (χ0v) is 17.5. The number of sulfonamides is 1. The Balaban J connectivity index is 2.22. The Hall–Kier alpha value is -1.45. The Morgan fingerprint density at radius 2 is 1.92 bits per heavy atom. The number of likely N-dealkylation sites (N-methyl/N-ethyl adjacent to an activating group) is 1. The molecule has 0 aliphatic heterocycles. The fourth-order valence-corrected chi connectivity index (χ4v) is 4.41. The van der Waals surface area contributed by atoms with Gasteiger partial charge in [0.25, 0.3) is 5.91 Å². The number of carbonyl (C=O) groups is 1. The van der Waals surface area contributed by atoms with Crippen LogP contribution in [0.15, 0.2) is 40.6 Å². The first kappa shape index (κ1) is 20.9. The quantitative estimate of drug-likeness (QED) is 0.754. The topological polar surface area (TPSA) is 69.7 Å². The van der Waals surface area contributed by atoms with Crippen LogP contribution >= 0.6 is 22.9 Å². The van der Waals surface area contributed by atoms with Gasteiger partial charge in [-0.15, -0.1) is 11.3 Å². The highest BCUT2D eigenvalue weighted by molar-refractivity contribution is 7.89. The minimum Gasteiger partial charge on any atom is -0.350 e. The average Bonchev–Trinajstić information content (AvgIpc) is 3.08. The fourth-order valence-electron chi connectivity index (χ4n) is 2.35. The summed E-state index contributed by atoms with van der Waals surface area (Å²) in [5, 5.41) is 5.04. The smallest absolute Gasteiger partial charge is 0.252 e. The van der Waals surface area contributed by atoms with Gasteiger partial charge in [0, 0.05) is 25.5 Å². The second kappa shape index (κ2) is 8.49. The minimum absolute atomic E-state index is 0.0198. The first-order chi connectivity index (χ1) is 12.1. The average molecular weight is 416 g/mol. The summed E-state index contributed by atoms with van der Waals surface area (Å²) < 4.78 is 25.6. The number of carbonyl (C=O) groups excluding carboxylic acids is 1. The summed E-state index contributed by atoms with van der Waals surface area (Å²) in [6, 6.07) is 8.12. The minimum atomic E-state index is -3.64. The first-order valence-corrected chi connectivity index (χ1v) is 10.5. The summed E-state index contributed by atoms with van der Waals surface area (Å²) in [7, 11) is 3.11. The molecule has 0 fully saturated rings. The van der Waals surface area contributed by atoms with E-state index in [0.29, 0.717) is 6.54 Å². The lowest BCUT2D eigenvalue weighted by Crippen LogP contribution is -2.34. The second-order valence-electron chi connectivity index (χ2n) is 6.13. The maximum absolute atomic E-state index is 12.6. The molecule has 142 valence electrons. The number of amides is 1. The largest absolute Gasteiger partial charge is 0.350 e. The van der Waals surface area contributed by atoms with Crippen LogP contribution in [0.4, 0.5) is 0 Å². The van der Waals surface area contributed by atoms with Crippen LogP contribution in [0.25, 0.3) is 0 Å². The van der Waals surface area contributed by atoms with Crippen molar-refractivity contribution in [3.05, 3.63) is 51.2 Å². The number of rotatable bonds is 7. The number of benzene rings is 1. The second-order valence-corrected chi connectivity index (χ2v) is 9.67. The van der Waals surface area contributed by atoms with E-state index < -0.39 is 15.9 Å². The predicted molar refractivity (Wildman–Crippen MR) is 105 cm³/mol. The third kappa shape index (κ3) is 4.63. The summed E-state index contributed by atoms with van der Waals surface area (Å²) in [5.74, 6) is -0.408. The highest BCUT2D eigenvalue weighted by Crippen LogP contribution is 2.24. The van der Waals surface area contributed by atoms with E-state index >= 15 is 0 Å². The van der Waals surface area contributed by atoms with Gasteiger partial charge >= 0.3 is 0 Å². The van der Waals surface area contributed by atoms with Gasteiger partial charge in [-0.1, -0.05) is 17.7 Å². The molecule has 2 rings (SSSR count). The normalized spacial score (nSPS) is 13.2. The van der Waals surface area contributed by atoms with Crippen molar-refractivity contribution in [2.75, 3.05) is 34.7 Å². The molecule has 0 saturated carbocycles. The van der Waals surface area contributed by atoms with Crippen LogP contribution in [0.1, 0.15) is 21.3 Å². The first-order valence-electron chi connectivity index (χ1n) is 7.84. The van der Waals surface area contributed by atoms with Gasteiger partial charge in [-0.2, -0.15) is 0 Å². The number of thiophene rings is 1. The van der Waals surface area contributed by atoms with Gasteiger partial charge in [0.05, 0.1) is 21.5 Å². The van der Waals surface area contributed by atoms with Crippen molar-refractivity contribution < 1.29 is 13.2 Å². The number of halogens is 1. The van der Waals surface area contributed by atoms with Crippen LogP contribution in [0, 0.1) is 0 Å². The highest BCUT2D eigenvalue weighted by Gasteiger charge is 2.22. The standard InChI is InChI=1S/C17H22ClN3O3S2/c1-20(2)15(16-6-5-9-25-16)11-19-17(22)13-10-12(7-8-14(13)18)26(23,24)21(3)4/h5-10,15H,11H2,1-4H3,(H,19,22). The van der Waals surface area contributed by atoms with Crippen LogP contribution in [0.3, 0.4) is 0 Å². The molecule has 1 aromatic heterocycles. The maximum atomic E-state index is 12.6. The molecule has 1 heterocycles. The molecular weight excluding hydrogens is 394 g/mol. The molecule has 0 radical (unpaired) electrons. The molecular formula is C17H22ClN3O3S2. The lowest BCUT2D eigenvalue weighted by atomic mass is 10.2. The summed E-state index contributed by atoms with van der Waals surface area (Å²) in [4.78, 5) is 15.8. The third-order valence-electron chi connectivity index (χ3n) is 3.91. The number of nitrogens with zero attached hydrogens (tertiary/aromatic N) is 2. The summed E-state index contributed by atoms with van der Waals surface area (Å²) >= 11 is 7.74. The Morgan fingerprint density at radius 1 is 1.23 bits per heavy atom. The SMILES string of the molecule is CN(C)C(CNC(=O)c1cc(S(=O)(=O)N(C)C)ccc1Cl)c1cccs1. The van der Waals surface area contributed by atoms with Gasteiger partial charge in [0.1, 0.15) is 0 Å². The van der Waals surface area contributed by atoms with Crippen molar-refractivity contribution in [1.82, 2.24) is 14.5 Å². The zero-order chi connectivity index (χ0) is 19.5. The van der Waals surface area contributed by atoms with E-state index in [0.717, 1.165) is 9.18 Å². The molecule has 6 nitrogen and oxygen atoms in total. The molecule has 1 unspecified atom stereocenters. The van der Waals surface area contributed by atoms with Gasteiger partial charge in [-0.3, -0.25) is 4.79 Å². The van der Waals surface area contributed by atoms with Crippen molar-refractivity contribution in [1.29, 1.82) is 0 Å². The third-order valence-corrected chi connectivity index (χ3v) is 7.03. The fraction of sp³-hybridized carbons (Fsp3) is 0.353. The highest BCUT2D eigenvalue weighted by atomic mass is 35.5. The molecule has 2 aromatic rings. The van der Waals surface area contributed by atoms with E-state index in [4.69, 9.17) is 11.6 Å². The van der Waals surface area contributed by atoms with Gasteiger partial charge in [-0.05, 0) is 43.7 Å².